The Hall–Kier alpha value is -2.85. The van der Waals surface area contributed by atoms with Gasteiger partial charge in [-0.3, -0.25) is 4.98 Å². The predicted octanol–water partition coefficient (Wildman–Crippen LogP) is 5.24. The molecule has 3 nitrogen and oxygen atoms in total. The van der Waals surface area contributed by atoms with Crippen LogP contribution < -0.4 is 0 Å². The van der Waals surface area contributed by atoms with Crippen molar-refractivity contribution in [1.82, 2.24) is 15.2 Å². The van der Waals surface area contributed by atoms with Crippen LogP contribution in [0.3, 0.4) is 0 Å². The van der Waals surface area contributed by atoms with Crippen molar-refractivity contribution in [2.75, 3.05) is 0 Å². The third-order valence-corrected chi connectivity index (χ3v) is 4.76. The molecule has 3 aromatic heterocycles. The van der Waals surface area contributed by atoms with Gasteiger partial charge in [-0.15, -0.1) is 16.4 Å². The molecule has 0 atom stereocenters. The van der Waals surface area contributed by atoms with E-state index in [1.807, 2.05) is 55.6 Å². The second-order valence-corrected chi connectivity index (χ2v) is 6.39. The van der Waals surface area contributed by atoms with Gasteiger partial charge in [0.25, 0.3) is 0 Å². The molecule has 3 heterocycles. The highest BCUT2D eigenvalue weighted by Gasteiger charge is 2.19. The molecule has 0 aliphatic heterocycles. The lowest BCUT2D eigenvalue weighted by molar-refractivity contribution is 0.991. The summed E-state index contributed by atoms with van der Waals surface area (Å²) in [6.07, 6.45) is 1.81. The van der Waals surface area contributed by atoms with E-state index in [0.717, 1.165) is 38.6 Å². The first-order valence-electron chi connectivity index (χ1n) is 7.72. The first-order chi connectivity index (χ1) is 11.8. The zero-order valence-electron chi connectivity index (χ0n) is 13.2. The van der Waals surface area contributed by atoms with Crippen molar-refractivity contribution in [3.8, 4) is 33.0 Å². The van der Waals surface area contributed by atoms with Gasteiger partial charge in [0.15, 0.2) is 0 Å². The molecule has 0 saturated carbocycles. The number of aromatic nitrogens is 3. The van der Waals surface area contributed by atoms with Gasteiger partial charge in [-0.25, -0.2) is 0 Å². The van der Waals surface area contributed by atoms with Crippen molar-refractivity contribution < 1.29 is 0 Å². The van der Waals surface area contributed by atoms with Gasteiger partial charge in [-0.2, -0.15) is 5.10 Å². The lowest BCUT2D eigenvalue weighted by Crippen LogP contribution is -2.00. The van der Waals surface area contributed by atoms with Gasteiger partial charge in [0.05, 0.1) is 16.3 Å². The molecule has 4 rings (SSSR count). The van der Waals surface area contributed by atoms with E-state index in [1.165, 1.54) is 0 Å². The second kappa shape index (κ2) is 6.34. The van der Waals surface area contributed by atoms with Crippen molar-refractivity contribution in [2.24, 2.45) is 0 Å². The first kappa shape index (κ1) is 14.7. The van der Waals surface area contributed by atoms with Crippen LogP contribution in [0, 0.1) is 6.92 Å². The molecule has 0 aliphatic carbocycles. The maximum absolute atomic E-state index is 4.55. The van der Waals surface area contributed by atoms with Gasteiger partial charge >= 0.3 is 0 Å². The van der Waals surface area contributed by atoms with Gasteiger partial charge in [-0.1, -0.05) is 42.5 Å². The molecule has 4 heteroatoms. The van der Waals surface area contributed by atoms with Crippen molar-refractivity contribution in [3.63, 3.8) is 0 Å². The Bertz CT molecular complexity index is 949. The normalized spacial score (nSPS) is 10.7. The van der Waals surface area contributed by atoms with Crippen molar-refractivity contribution in [2.45, 2.75) is 6.92 Å². The molecule has 0 radical (unpaired) electrons. The van der Waals surface area contributed by atoms with E-state index < -0.39 is 0 Å². The molecule has 0 fully saturated rings. The van der Waals surface area contributed by atoms with E-state index in [0.29, 0.717) is 0 Å². The van der Waals surface area contributed by atoms with E-state index in [1.54, 1.807) is 11.3 Å². The standard InChI is InChI=1S/C20H15N3S/c1-14-18(16-10-5-6-12-21-16)19(15-8-3-2-4-9-15)20(23-22-14)17-11-7-13-24-17/h2-13H,1H3. The molecule has 24 heavy (non-hydrogen) atoms. The van der Waals surface area contributed by atoms with E-state index in [-0.39, 0.29) is 0 Å². The summed E-state index contributed by atoms with van der Waals surface area (Å²) in [6, 6.07) is 20.4. The van der Waals surface area contributed by atoms with Gasteiger partial charge in [0.1, 0.15) is 5.69 Å². The Labute approximate surface area is 144 Å². The molecule has 0 unspecified atom stereocenters. The molecular weight excluding hydrogens is 314 g/mol. The van der Waals surface area contributed by atoms with E-state index in [4.69, 9.17) is 0 Å². The molecule has 116 valence electrons. The minimum atomic E-state index is 0.882. The molecular formula is C20H15N3S. The summed E-state index contributed by atoms with van der Waals surface area (Å²) in [7, 11) is 0. The quantitative estimate of drug-likeness (QED) is 0.516. The largest absolute Gasteiger partial charge is 0.256 e. The van der Waals surface area contributed by atoms with E-state index >= 15 is 0 Å². The summed E-state index contributed by atoms with van der Waals surface area (Å²) in [5.41, 5.74) is 5.96. The minimum absolute atomic E-state index is 0.882. The van der Waals surface area contributed by atoms with E-state index in [9.17, 15) is 0 Å². The third-order valence-electron chi connectivity index (χ3n) is 3.89. The summed E-state index contributed by atoms with van der Waals surface area (Å²) >= 11 is 1.67. The maximum atomic E-state index is 4.55. The molecule has 0 saturated heterocycles. The molecule has 4 aromatic rings. The highest BCUT2D eigenvalue weighted by Crippen LogP contribution is 2.40. The van der Waals surface area contributed by atoms with Crippen molar-refractivity contribution in [1.29, 1.82) is 0 Å². The van der Waals surface area contributed by atoms with Crippen LogP contribution in [0.1, 0.15) is 5.69 Å². The van der Waals surface area contributed by atoms with Crippen LogP contribution in [-0.2, 0) is 0 Å². The number of hydrogen-bond donors (Lipinski definition) is 0. The number of rotatable bonds is 3. The van der Waals surface area contributed by atoms with Gasteiger partial charge in [-0.05, 0) is 36.1 Å². The molecule has 0 amide bonds. The van der Waals surface area contributed by atoms with Crippen LogP contribution in [0.4, 0.5) is 0 Å². The number of nitrogens with zero attached hydrogens (tertiary/aromatic N) is 3. The van der Waals surface area contributed by atoms with Crippen molar-refractivity contribution >= 4 is 11.3 Å². The number of benzene rings is 1. The van der Waals surface area contributed by atoms with Crippen LogP contribution >= 0.6 is 11.3 Å². The number of pyridine rings is 1. The molecule has 0 spiro atoms. The van der Waals surface area contributed by atoms with E-state index in [2.05, 4.69) is 38.8 Å². The molecule has 1 aromatic carbocycles. The lowest BCUT2D eigenvalue weighted by atomic mass is 9.94. The van der Waals surface area contributed by atoms with Gasteiger partial charge < -0.3 is 0 Å². The second-order valence-electron chi connectivity index (χ2n) is 5.44. The Morgan fingerprint density at radius 1 is 0.792 bits per heavy atom. The highest BCUT2D eigenvalue weighted by molar-refractivity contribution is 7.13. The fourth-order valence-electron chi connectivity index (χ4n) is 2.82. The Morgan fingerprint density at radius 3 is 2.33 bits per heavy atom. The van der Waals surface area contributed by atoms with Crippen LogP contribution in [0.5, 0.6) is 0 Å². The van der Waals surface area contributed by atoms with Crippen LogP contribution in [0.15, 0.2) is 72.2 Å². The average molecular weight is 329 g/mol. The Morgan fingerprint density at radius 2 is 1.62 bits per heavy atom. The summed E-state index contributed by atoms with van der Waals surface area (Å²) in [6.45, 7) is 1.99. The van der Waals surface area contributed by atoms with Gasteiger partial charge in [0.2, 0.25) is 0 Å². The summed E-state index contributed by atoms with van der Waals surface area (Å²) in [4.78, 5) is 5.66. The van der Waals surface area contributed by atoms with Crippen LogP contribution in [0.25, 0.3) is 33.0 Å². The summed E-state index contributed by atoms with van der Waals surface area (Å²) < 4.78 is 0. The van der Waals surface area contributed by atoms with Crippen LogP contribution in [0.2, 0.25) is 0 Å². The topological polar surface area (TPSA) is 38.7 Å². The zero-order chi connectivity index (χ0) is 16.4. The van der Waals surface area contributed by atoms with Crippen LogP contribution in [-0.4, -0.2) is 15.2 Å². The zero-order valence-corrected chi connectivity index (χ0v) is 14.0. The smallest absolute Gasteiger partial charge is 0.111 e. The monoisotopic (exact) mass is 329 g/mol. The molecule has 0 bridgehead atoms. The Balaban J connectivity index is 2.08. The fraction of sp³-hybridized carbons (Fsp3) is 0.0500. The number of aryl methyl sites for hydroxylation is 1. The molecule has 0 aliphatic rings. The van der Waals surface area contributed by atoms with Gasteiger partial charge in [0, 0.05) is 17.3 Å². The predicted molar refractivity (Wildman–Crippen MR) is 98.7 cm³/mol. The highest BCUT2D eigenvalue weighted by atomic mass is 32.1. The third kappa shape index (κ3) is 2.61. The maximum Gasteiger partial charge on any atom is 0.111 e. The molecule has 0 N–H and O–H groups in total. The summed E-state index contributed by atoms with van der Waals surface area (Å²) in [5.74, 6) is 0. The lowest BCUT2D eigenvalue weighted by Gasteiger charge is -2.15. The average Bonchev–Trinajstić information content (AvgIpc) is 3.17. The Kier molecular flexibility index (Phi) is 3.89. The van der Waals surface area contributed by atoms with Crippen molar-refractivity contribution in [3.05, 3.63) is 77.9 Å². The SMILES string of the molecule is Cc1nnc(-c2cccs2)c(-c2ccccc2)c1-c1ccccn1. The first-order valence-corrected chi connectivity index (χ1v) is 8.60. The fourth-order valence-corrected chi connectivity index (χ4v) is 3.54. The minimum Gasteiger partial charge on any atom is -0.256 e. The summed E-state index contributed by atoms with van der Waals surface area (Å²) in [5, 5.41) is 11.0. The number of thiophene rings is 1. The number of hydrogen-bond acceptors (Lipinski definition) is 4.